The van der Waals surface area contributed by atoms with Gasteiger partial charge in [-0.3, -0.25) is 9.89 Å². The fourth-order valence-electron chi connectivity index (χ4n) is 5.84. The highest BCUT2D eigenvalue weighted by molar-refractivity contribution is 7.58. The Morgan fingerprint density at radius 2 is 1.59 bits per heavy atom. The summed E-state index contributed by atoms with van der Waals surface area (Å²) in [6, 6.07) is 22.3. The molecule has 0 bridgehead atoms. The highest BCUT2D eigenvalue weighted by atomic mass is 31.1. The molecule has 1 saturated heterocycles. The minimum atomic E-state index is 0.216. The molecule has 0 amide bonds. The van der Waals surface area contributed by atoms with Crippen LogP contribution in [0.3, 0.4) is 0 Å². The third kappa shape index (κ3) is 6.05. The first-order valence-electron chi connectivity index (χ1n) is 14.2. The van der Waals surface area contributed by atoms with Gasteiger partial charge in [0.05, 0.1) is 12.3 Å². The van der Waals surface area contributed by atoms with Crippen molar-refractivity contribution in [3.63, 3.8) is 0 Å². The number of amidine groups is 1. The van der Waals surface area contributed by atoms with Crippen molar-refractivity contribution >= 4 is 30.2 Å². The zero-order chi connectivity index (χ0) is 25.8. The largest absolute Gasteiger partial charge is 0.298 e. The minimum absolute atomic E-state index is 0.216. The van der Waals surface area contributed by atoms with E-state index in [1.165, 1.54) is 65.7 Å². The summed E-state index contributed by atoms with van der Waals surface area (Å²) in [6.07, 6.45) is 6.69. The van der Waals surface area contributed by atoms with Crippen molar-refractivity contribution in [2.45, 2.75) is 59.2 Å². The molecule has 0 N–H and O–H groups in total. The smallest absolute Gasteiger partial charge is 0.155 e. The molecule has 0 unspecified atom stereocenters. The molecule has 0 atom stereocenters. The predicted molar refractivity (Wildman–Crippen MR) is 163 cm³/mol. The second-order valence-corrected chi connectivity index (χ2v) is 14.0. The van der Waals surface area contributed by atoms with E-state index in [9.17, 15) is 0 Å². The number of hydrogen-bond donors (Lipinski definition) is 0. The molecule has 3 nitrogen and oxygen atoms in total. The van der Waals surface area contributed by atoms with Crippen LogP contribution in [0, 0.1) is 5.92 Å². The van der Waals surface area contributed by atoms with E-state index in [1.807, 2.05) is 0 Å². The maximum Gasteiger partial charge on any atom is 0.155 e. The van der Waals surface area contributed by atoms with E-state index in [2.05, 4.69) is 93.3 Å². The van der Waals surface area contributed by atoms with E-state index in [-0.39, 0.29) is 7.92 Å². The summed E-state index contributed by atoms with van der Waals surface area (Å²) in [4.78, 5) is 12.5. The van der Waals surface area contributed by atoms with Crippen molar-refractivity contribution < 1.29 is 0 Å². The maximum absolute atomic E-state index is 5.01. The van der Waals surface area contributed by atoms with Crippen LogP contribution in [-0.2, 0) is 13.0 Å². The Kier molecular flexibility index (Phi) is 8.53. The predicted octanol–water partition coefficient (Wildman–Crippen LogP) is 7.77. The average Bonchev–Trinajstić information content (AvgIpc) is 3.36. The van der Waals surface area contributed by atoms with Crippen molar-refractivity contribution in [1.29, 1.82) is 0 Å². The Morgan fingerprint density at radius 3 is 2.27 bits per heavy atom. The number of benzene rings is 3. The molecule has 1 fully saturated rings. The van der Waals surface area contributed by atoms with Gasteiger partial charge in [0.25, 0.3) is 0 Å². The monoisotopic (exact) mass is 511 g/mol. The quantitative estimate of drug-likeness (QED) is 0.242. The number of fused-ring (bicyclic) bond motifs is 1. The van der Waals surface area contributed by atoms with Crippen LogP contribution in [0.5, 0.6) is 0 Å². The minimum Gasteiger partial charge on any atom is -0.298 e. The number of hydrogen-bond acceptors (Lipinski definition) is 3. The standard InChI is InChI=1S/C33H42N3P/c1-5-17-37(18-6-2)28-22-36(23-28)21-27-15-16-31(30-10-8-7-9-29(27)30)33-34-20-32(35-33)26-13-11-25(12-14-26)19-24(3)4/h7-16,24,28H,5-6,17-23H2,1-4H3. The second-order valence-electron chi connectivity index (χ2n) is 11.2. The van der Waals surface area contributed by atoms with Crippen LogP contribution in [0.2, 0.25) is 0 Å². The van der Waals surface area contributed by atoms with Gasteiger partial charge >= 0.3 is 0 Å². The lowest BCUT2D eigenvalue weighted by atomic mass is 9.98. The number of aliphatic imine (C=N–C) groups is 2. The van der Waals surface area contributed by atoms with Gasteiger partial charge in [0.2, 0.25) is 0 Å². The van der Waals surface area contributed by atoms with E-state index >= 15 is 0 Å². The molecule has 2 aliphatic rings. The van der Waals surface area contributed by atoms with E-state index in [0.717, 1.165) is 35.7 Å². The topological polar surface area (TPSA) is 28.0 Å². The van der Waals surface area contributed by atoms with E-state index < -0.39 is 0 Å². The molecule has 37 heavy (non-hydrogen) atoms. The van der Waals surface area contributed by atoms with Crippen LogP contribution in [0.15, 0.2) is 70.6 Å². The molecule has 2 heterocycles. The SMILES string of the molecule is CCCP(CCC)C1CN(Cc2ccc(C3=NCC(c4ccc(CC(C)C)cc4)=N3)c3ccccc23)C1. The van der Waals surface area contributed by atoms with Crippen molar-refractivity contribution in [2.24, 2.45) is 15.9 Å². The summed E-state index contributed by atoms with van der Waals surface area (Å²) in [5, 5.41) is 2.62. The third-order valence-corrected chi connectivity index (χ3v) is 11.1. The number of nitrogens with zero attached hydrogens (tertiary/aromatic N) is 3. The molecule has 0 aromatic heterocycles. The van der Waals surface area contributed by atoms with Crippen LogP contribution in [0.25, 0.3) is 10.8 Å². The second kappa shape index (κ2) is 12.0. The van der Waals surface area contributed by atoms with Crippen molar-refractivity contribution in [3.05, 3.63) is 82.9 Å². The third-order valence-electron chi connectivity index (χ3n) is 7.68. The van der Waals surface area contributed by atoms with Crippen LogP contribution >= 0.6 is 7.92 Å². The molecule has 4 heteroatoms. The molecule has 0 saturated carbocycles. The van der Waals surface area contributed by atoms with Gasteiger partial charge < -0.3 is 0 Å². The zero-order valence-electron chi connectivity index (χ0n) is 23.1. The molecule has 2 aliphatic heterocycles. The summed E-state index contributed by atoms with van der Waals surface area (Å²) in [6.45, 7) is 13.5. The van der Waals surface area contributed by atoms with E-state index in [4.69, 9.17) is 9.98 Å². The molecular formula is C33H42N3P. The van der Waals surface area contributed by atoms with Crippen LogP contribution in [-0.4, -0.2) is 54.1 Å². The number of rotatable bonds is 11. The van der Waals surface area contributed by atoms with Gasteiger partial charge in [-0.15, -0.1) is 7.92 Å². The van der Waals surface area contributed by atoms with Crippen LogP contribution in [0.4, 0.5) is 0 Å². The average molecular weight is 512 g/mol. The van der Waals surface area contributed by atoms with Crippen molar-refractivity contribution in [2.75, 3.05) is 32.0 Å². The summed E-state index contributed by atoms with van der Waals surface area (Å²) in [7, 11) is 0.216. The van der Waals surface area contributed by atoms with Gasteiger partial charge in [-0.2, -0.15) is 0 Å². The first-order valence-corrected chi connectivity index (χ1v) is 16.0. The lowest BCUT2D eigenvalue weighted by molar-refractivity contribution is 0.179. The van der Waals surface area contributed by atoms with Gasteiger partial charge in [-0.1, -0.05) is 101 Å². The molecule has 0 spiro atoms. The van der Waals surface area contributed by atoms with Crippen molar-refractivity contribution in [3.8, 4) is 0 Å². The first-order chi connectivity index (χ1) is 18.1. The first kappa shape index (κ1) is 26.3. The molecule has 3 aromatic carbocycles. The summed E-state index contributed by atoms with van der Waals surface area (Å²) in [5.41, 5.74) is 7.17. The van der Waals surface area contributed by atoms with E-state index in [1.54, 1.807) is 0 Å². The Bertz CT molecular complexity index is 1260. The fraction of sp³-hybridized carbons (Fsp3) is 0.455. The fourth-order valence-corrected chi connectivity index (χ4v) is 8.87. The Balaban J connectivity index is 1.31. The lowest BCUT2D eigenvalue weighted by Crippen LogP contribution is -2.49. The zero-order valence-corrected chi connectivity index (χ0v) is 24.0. The summed E-state index contributed by atoms with van der Waals surface area (Å²) < 4.78 is 0. The molecule has 194 valence electrons. The highest BCUT2D eigenvalue weighted by Gasteiger charge is 2.32. The van der Waals surface area contributed by atoms with Gasteiger partial charge in [0, 0.05) is 30.9 Å². The van der Waals surface area contributed by atoms with Gasteiger partial charge in [0.1, 0.15) is 0 Å². The van der Waals surface area contributed by atoms with Gasteiger partial charge in [-0.05, 0) is 52.1 Å². The normalized spacial score (nSPS) is 16.5. The molecule has 5 rings (SSSR count). The summed E-state index contributed by atoms with van der Waals surface area (Å²) >= 11 is 0. The van der Waals surface area contributed by atoms with Crippen LogP contribution < -0.4 is 0 Å². The Morgan fingerprint density at radius 1 is 0.892 bits per heavy atom. The highest BCUT2D eigenvalue weighted by Crippen LogP contribution is 2.47. The molecular weight excluding hydrogens is 469 g/mol. The molecule has 3 aromatic rings. The van der Waals surface area contributed by atoms with E-state index in [0.29, 0.717) is 12.5 Å². The number of likely N-dealkylation sites (tertiary alicyclic amines) is 1. The maximum atomic E-state index is 5.01. The molecule has 0 radical (unpaired) electrons. The van der Waals surface area contributed by atoms with Gasteiger partial charge in [-0.25, -0.2) is 4.99 Å². The van der Waals surface area contributed by atoms with Crippen LogP contribution in [0.1, 0.15) is 62.8 Å². The molecule has 0 aliphatic carbocycles. The Labute approximate surface area is 224 Å². The van der Waals surface area contributed by atoms with Gasteiger partial charge in [0.15, 0.2) is 5.84 Å². The summed E-state index contributed by atoms with van der Waals surface area (Å²) in [5.74, 6) is 1.54. The lowest BCUT2D eigenvalue weighted by Gasteiger charge is -2.44. The van der Waals surface area contributed by atoms with Crippen molar-refractivity contribution in [1.82, 2.24) is 4.90 Å². The Hall–Kier alpha value is -2.35.